The first kappa shape index (κ1) is 33.8. The second-order valence-electron chi connectivity index (χ2n) is 11.4. The van der Waals surface area contributed by atoms with Crippen molar-refractivity contribution in [2.24, 2.45) is 11.7 Å². The number of hydrogen-bond donors (Lipinski definition) is 4. The summed E-state index contributed by atoms with van der Waals surface area (Å²) in [6.07, 6.45) is 1.53. The zero-order valence-electron chi connectivity index (χ0n) is 26.3. The van der Waals surface area contributed by atoms with E-state index in [0.29, 0.717) is 11.4 Å². The molecule has 0 spiro atoms. The molecular weight excluding hydrogens is 638 g/mol. The Morgan fingerprint density at radius 2 is 1.83 bits per heavy atom. The summed E-state index contributed by atoms with van der Waals surface area (Å²) in [5.74, 6) is -2.44. The molecule has 250 valence electrons. The minimum absolute atomic E-state index is 0.0223. The van der Waals surface area contributed by atoms with Gasteiger partial charge in [-0.3, -0.25) is 24.0 Å². The maximum absolute atomic E-state index is 13.7. The molecule has 0 saturated carbocycles. The number of aromatic nitrogens is 2. The Morgan fingerprint density at radius 3 is 2.58 bits per heavy atom. The van der Waals surface area contributed by atoms with Gasteiger partial charge in [-0.1, -0.05) is 50.2 Å². The molecule has 1 aliphatic rings. The molecule has 4 aromatic rings. The number of primary amides is 1. The van der Waals surface area contributed by atoms with E-state index in [4.69, 9.17) is 14.9 Å². The zero-order valence-corrected chi connectivity index (χ0v) is 27.1. The van der Waals surface area contributed by atoms with E-state index in [1.807, 2.05) is 44.2 Å². The average Bonchev–Trinajstić information content (AvgIpc) is 3.76. The van der Waals surface area contributed by atoms with Crippen LogP contribution in [0.25, 0.3) is 0 Å². The van der Waals surface area contributed by atoms with E-state index in [1.165, 1.54) is 28.6 Å². The molecule has 1 aliphatic heterocycles. The second-order valence-corrected chi connectivity index (χ2v) is 12.3. The quantitative estimate of drug-likeness (QED) is 0.228. The van der Waals surface area contributed by atoms with Crippen LogP contribution in [-0.4, -0.2) is 70.6 Å². The highest BCUT2D eigenvalue weighted by molar-refractivity contribution is 7.09. The van der Waals surface area contributed by atoms with Crippen LogP contribution in [0.3, 0.4) is 0 Å². The van der Waals surface area contributed by atoms with E-state index >= 15 is 0 Å². The molecular formula is C33H35N7O7S. The van der Waals surface area contributed by atoms with Gasteiger partial charge in [0.1, 0.15) is 28.8 Å². The topological polar surface area (TPSA) is 199 Å². The number of rotatable bonds is 7. The lowest BCUT2D eigenvalue weighted by molar-refractivity contribution is -0.123. The van der Waals surface area contributed by atoms with Gasteiger partial charge in [0.15, 0.2) is 12.3 Å². The molecule has 48 heavy (non-hydrogen) atoms. The van der Waals surface area contributed by atoms with E-state index < -0.39 is 41.6 Å². The fraction of sp³-hybridized carbons (Fsp3) is 0.303. The van der Waals surface area contributed by atoms with Gasteiger partial charge in [0, 0.05) is 30.5 Å². The second kappa shape index (κ2) is 15.3. The number of ether oxygens (including phenoxy) is 1. The average molecular weight is 674 g/mol. The van der Waals surface area contributed by atoms with Crippen molar-refractivity contribution >= 4 is 40.9 Å². The Morgan fingerprint density at radius 1 is 1.04 bits per heavy atom. The maximum Gasteiger partial charge on any atom is 0.273 e. The number of oxazole rings is 1. The number of thiazole rings is 1. The van der Waals surface area contributed by atoms with Crippen LogP contribution >= 0.6 is 11.3 Å². The number of nitrogens with zero attached hydrogens (tertiary/aromatic N) is 3. The van der Waals surface area contributed by atoms with E-state index in [-0.39, 0.29) is 60.8 Å². The zero-order chi connectivity index (χ0) is 34.2. The van der Waals surface area contributed by atoms with Crippen molar-refractivity contribution < 1.29 is 33.1 Å². The summed E-state index contributed by atoms with van der Waals surface area (Å²) in [5.41, 5.74) is 6.40. The van der Waals surface area contributed by atoms with Gasteiger partial charge in [-0.2, -0.15) is 0 Å². The van der Waals surface area contributed by atoms with Crippen LogP contribution in [0.1, 0.15) is 73.7 Å². The van der Waals surface area contributed by atoms with Crippen LogP contribution in [-0.2, 0) is 16.0 Å². The highest BCUT2D eigenvalue weighted by atomic mass is 32.1. The van der Waals surface area contributed by atoms with Crippen molar-refractivity contribution in [3.05, 3.63) is 99.7 Å². The molecule has 0 radical (unpaired) electrons. The van der Waals surface area contributed by atoms with Crippen LogP contribution in [0.15, 0.2) is 70.7 Å². The number of fused-ring (bicyclic) bond motifs is 4. The number of carbonyl (C=O) groups excluding carboxylic acids is 5. The Kier molecular flexibility index (Phi) is 10.8. The van der Waals surface area contributed by atoms with Crippen LogP contribution in [0.2, 0.25) is 0 Å². The summed E-state index contributed by atoms with van der Waals surface area (Å²) < 4.78 is 11.0. The SMILES string of the molecule is CC(C)[C@@H]1NC(=O)CN(C(=O)c2cccc(OCC(N)=O)c2)CCNC(=O)c2coc(n2)[C@H](Cc2ccccc2)NC(=O)c2csc1n2. The van der Waals surface area contributed by atoms with Crippen molar-refractivity contribution in [2.45, 2.75) is 32.4 Å². The van der Waals surface area contributed by atoms with Crippen molar-refractivity contribution in [1.29, 1.82) is 0 Å². The summed E-state index contributed by atoms with van der Waals surface area (Å²) in [5, 5.41) is 10.7. The fourth-order valence-electron chi connectivity index (χ4n) is 4.98. The third-order valence-electron chi connectivity index (χ3n) is 7.40. The monoisotopic (exact) mass is 673 g/mol. The Balaban J connectivity index is 1.45. The van der Waals surface area contributed by atoms with Gasteiger partial charge in [0.2, 0.25) is 11.8 Å². The standard InChI is InChI=1S/C33H35N7O7S/c1-19(2)28-32-38-25(18-48-32)30(44)36-23(13-20-7-4-3-5-8-20)31-37-24(16-47-31)29(43)35-11-12-40(15-27(42)39-28)33(45)21-9-6-10-22(14-21)46-17-26(34)41/h3-10,14,16,18-19,23,28H,11-13,15,17H2,1-2H3,(H2,34,41)(H,35,43)(H,36,44)(H,39,42)/t23-,28-/m0/s1. The molecule has 0 unspecified atom stereocenters. The van der Waals surface area contributed by atoms with Crippen molar-refractivity contribution in [2.75, 3.05) is 26.2 Å². The van der Waals surface area contributed by atoms with Crippen molar-refractivity contribution in [1.82, 2.24) is 30.8 Å². The largest absolute Gasteiger partial charge is 0.484 e. The number of nitrogens with one attached hydrogen (secondary N) is 3. The predicted molar refractivity (Wildman–Crippen MR) is 174 cm³/mol. The number of nitrogens with two attached hydrogens (primary N) is 1. The third-order valence-corrected chi connectivity index (χ3v) is 8.32. The van der Waals surface area contributed by atoms with Gasteiger partial charge in [0.05, 0.1) is 12.6 Å². The summed E-state index contributed by atoms with van der Waals surface area (Å²) in [7, 11) is 0. The number of amides is 5. The fourth-order valence-corrected chi connectivity index (χ4v) is 6.00. The van der Waals surface area contributed by atoms with Crippen LogP contribution in [0.4, 0.5) is 0 Å². The molecule has 3 heterocycles. The lowest BCUT2D eigenvalue weighted by Gasteiger charge is -2.25. The van der Waals surface area contributed by atoms with Crippen molar-refractivity contribution in [3.63, 3.8) is 0 Å². The molecule has 2 atom stereocenters. The van der Waals surface area contributed by atoms with E-state index in [2.05, 4.69) is 25.9 Å². The highest BCUT2D eigenvalue weighted by Gasteiger charge is 2.28. The molecule has 14 nitrogen and oxygen atoms in total. The molecule has 2 aromatic heterocycles. The van der Waals surface area contributed by atoms with Crippen LogP contribution in [0, 0.1) is 5.92 Å². The maximum atomic E-state index is 13.7. The normalized spacial score (nSPS) is 17.5. The molecule has 5 N–H and O–H groups in total. The first-order valence-corrected chi connectivity index (χ1v) is 16.1. The van der Waals surface area contributed by atoms with Gasteiger partial charge in [-0.05, 0) is 29.7 Å². The Hall–Kier alpha value is -5.57. The summed E-state index contributed by atoms with van der Waals surface area (Å²) in [6.45, 7) is 3.04. The summed E-state index contributed by atoms with van der Waals surface area (Å²) in [4.78, 5) is 75.0. The summed E-state index contributed by atoms with van der Waals surface area (Å²) >= 11 is 1.23. The lowest BCUT2D eigenvalue weighted by Crippen LogP contribution is -2.45. The third kappa shape index (κ3) is 8.61. The lowest BCUT2D eigenvalue weighted by atomic mass is 10.0. The smallest absolute Gasteiger partial charge is 0.273 e. The first-order chi connectivity index (χ1) is 23.1. The van der Waals surface area contributed by atoms with E-state index in [0.717, 1.165) is 5.56 Å². The van der Waals surface area contributed by atoms with Gasteiger partial charge >= 0.3 is 0 Å². The first-order valence-electron chi connectivity index (χ1n) is 15.2. The van der Waals surface area contributed by atoms with E-state index in [1.54, 1.807) is 23.6 Å². The number of benzene rings is 2. The Labute approximate surface area is 280 Å². The predicted octanol–water partition coefficient (Wildman–Crippen LogP) is 2.41. The molecule has 15 heteroatoms. The highest BCUT2D eigenvalue weighted by Crippen LogP contribution is 2.26. The molecule has 0 fully saturated rings. The number of carbonyl (C=O) groups is 5. The van der Waals surface area contributed by atoms with Gasteiger partial charge in [-0.15, -0.1) is 11.3 Å². The minimum atomic E-state index is -0.720. The van der Waals surface area contributed by atoms with Crippen LogP contribution in [0.5, 0.6) is 5.75 Å². The van der Waals surface area contributed by atoms with Gasteiger partial charge < -0.3 is 35.7 Å². The molecule has 4 bridgehead atoms. The molecule has 0 aliphatic carbocycles. The Bertz CT molecular complexity index is 1790. The molecule has 2 aromatic carbocycles. The summed E-state index contributed by atoms with van der Waals surface area (Å²) in [6, 6.07) is 14.3. The number of hydrogen-bond acceptors (Lipinski definition) is 10. The van der Waals surface area contributed by atoms with Crippen LogP contribution < -0.4 is 26.4 Å². The molecule has 0 saturated heterocycles. The van der Waals surface area contributed by atoms with Gasteiger partial charge in [-0.25, -0.2) is 9.97 Å². The van der Waals surface area contributed by atoms with E-state index in [9.17, 15) is 24.0 Å². The minimum Gasteiger partial charge on any atom is -0.484 e. The van der Waals surface area contributed by atoms with Gasteiger partial charge in [0.25, 0.3) is 23.6 Å². The molecule has 5 rings (SSSR count). The van der Waals surface area contributed by atoms with Crippen molar-refractivity contribution in [3.8, 4) is 5.75 Å². The molecule has 5 amide bonds.